The molecule has 0 saturated carbocycles. The number of aliphatic carboxylic acids is 1. The van der Waals surface area contributed by atoms with Crippen molar-refractivity contribution >= 4 is 39.0 Å². The van der Waals surface area contributed by atoms with E-state index >= 15 is 0 Å². The van der Waals surface area contributed by atoms with E-state index in [1.54, 1.807) is 0 Å². The minimum atomic E-state index is -4.33. The summed E-state index contributed by atoms with van der Waals surface area (Å²) >= 11 is 0. The predicted octanol–water partition coefficient (Wildman–Crippen LogP) is 2.53. The number of nitro benzene ring substituents is 1. The molecule has 154 valence electrons. The van der Waals surface area contributed by atoms with Gasteiger partial charge in [0.05, 0.1) is 15.5 Å². The SMILES string of the molecule is CC(=O)Nc1ccc(S(=O)(=O)N(c2ccc([N+](=O)[O-])cc2C)C(C)C(=O)O)cc1. The van der Waals surface area contributed by atoms with Crippen molar-refractivity contribution in [1.82, 2.24) is 0 Å². The summed E-state index contributed by atoms with van der Waals surface area (Å²) in [5.41, 5.74) is 0.370. The number of nitrogens with zero attached hydrogens (tertiary/aromatic N) is 2. The Labute approximate surface area is 167 Å². The number of carbonyl (C=O) groups excluding carboxylic acids is 1. The molecule has 0 aromatic heterocycles. The zero-order valence-corrected chi connectivity index (χ0v) is 16.6. The maximum atomic E-state index is 13.2. The van der Waals surface area contributed by atoms with Gasteiger partial charge in [0.15, 0.2) is 0 Å². The molecule has 2 aromatic carbocycles. The standard InChI is InChI=1S/C18H19N3O7S/c1-11-10-15(21(25)26)6-9-17(11)20(12(2)18(23)24)29(27,28)16-7-4-14(5-8-16)19-13(3)22/h4-10,12H,1-3H3,(H,19,22)(H,23,24). The lowest BCUT2D eigenvalue weighted by atomic mass is 10.1. The van der Waals surface area contributed by atoms with Crippen LogP contribution in [-0.4, -0.2) is 36.4 Å². The lowest BCUT2D eigenvalue weighted by Crippen LogP contribution is -2.43. The molecule has 1 atom stereocenters. The van der Waals surface area contributed by atoms with Crippen LogP contribution in [0.25, 0.3) is 0 Å². The molecule has 0 aliphatic carbocycles. The number of hydrogen-bond donors (Lipinski definition) is 2. The molecule has 0 saturated heterocycles. The fraction of sp³-hybridized carbons (Fsp3) is 0.222. The summed E-state index contributed by atoms with van der Waals surface area (Å²) in [6.45, 7) is 3.96. The molecule has 0 radical (unpaired) electrons. The first-order valence-corrected chi connectivity index (χ1v) is 9.79. The van der Waals surface area contributed by atoms with E-state index in [9.17, 15) is 33.2 Å². The first kappa shape index (κ1) is 21.8. The summed E-state index contributed by atoms with van der Waals surface area (Å²) in [6.07, 6.45) is 0. The van der Waals surface area contributed by atoms with Crippen molar-refractivity contribution in [2.45, 2.75) is 31.7 Å². The van der Waals surface area contributed by atoms with E-state index in [-0.39, 0.29) is 27.7 Å². The summed E-state index contributed by atoms with van der Waals surface area (Å²) in [5, 5.41) is 22.9. The quantitative estimate of drug-likeness (QED) is 0.516. The molecule has 0 fully saturated rings. The van der Waals surface area contributed by atoms with E-state index in [2.05, 4.69) is 5.32 Å². The van der Waals surface area contributed by atoms with E-state index < -0.39 is 27.0 Å². The second-order valence-electron chi connectivity index (χ2n) is 6.25. The lowest BCUT2D eigenvalue weighted by molar-refractivity contribution is -0.384. The minimum Gasteiger partial charge on any atom is -0.480 e. The Morgan fingerprint density at radius 1 is 1.17 bits per heavy atom. The molecule has 0 spiro atoms. The van der Waals surface area contributed by atoms with E-state index in [1.807, 2.05) is 0 Å². The van der Waals surface area contributed by atoms with Crippen LogP contribution >= 0.6 is 0 Å². The van der Waals surface area contributed by atoms with Crippen molar-refractivity contribution in [3.63, 3.8) is 0 Å². The Kier molecular flexibility index (Phi) is 6.22. The molecule has 0 aliphatic rings. The van der Waals surface area contributed by atoms with Gasteiger partial charge in [-0.1, -0.05) is 0 Å². The number of nitro groups is 1. The van der Waals surface area contributed by atoms with Crippen molar-refractivity contribution in [2.24, 2.45) is 0 Å². The number of carboxylic acid groups (broad SMARTS) is 1. The molecule has 1 unspecified atom stereocenters. The van der Waals surface area contributed by atoms with E-state index in [0.717, 1.165) is 6.07 Å². The number of non-ortho nitro benzene ring substituents is 1. The van der Waals surface area contributed by atoms with Crippen molar-refractivity contribution in [3.8, 4) is 0 Å². The molecule has 2 rings (SSSR count). The fourth-order valence-electron chi connectivity index (χ4n) is 2.67. The van der Waals surface area contributed by atoms with Gasteiger partial charge in [0, 0.05) is 24.7 Å². The van der Waals surface area contributed by atoms with E-state index in [0.29, 0.717) is 9.99 Å². The predicted molar refractivity (Wildman–Crippen MR) is 105 cm³/mol. The Morgan fingerprint density at radius 3 is 2.21 bits per heavy atom. The maximum Gasteiger partial charge on any atom is 0.327 e. The van der Waals surface area contributed by atoms with Gasteiger partial charge in [0.1, 0.15) is 6.04 Å². The molecular weight excluding hydrogens is 402 g/mol. The van der Waals surface area contributed by atoms with Gasteiger partial charge in [-0.3, -0.25) is 19.2 Å². The van der Waals surface area contributed by atoms with Gasteiger partial charge in [0.25, 0.3) is 15.7 Å². The fourth-order valence-corrected chi connectivity index (χ4v) is 4.35. The molecule has 0 bridgehead atoms. The molecule has 29 heavy (non-hydrogen) atoms. The highest BCUT2D eigenvalue weighted by atomic mass is 32.2. The van der Waals surface area contributed by atoms with Crippen LogP contribution < -0.4 is 9.62 Å². The third kappa shape index (κ3) is 4.69. The van der Waals surface area contributed by atoms with Gasteiger partial charge in [-0.2, -0.15) is 0 Å². The summed E-state index contributed by atoms with van der Waals surface area (Å²) in [6, 6.07) is 7.24. The van der Waals surface area contributed by atoms with Crippen LogP contribution in [0.5, 0.6) is 0 Å². The number of anilines is 2. The summed E-state index contributed by atoms with van der Waals surface area (Å²) in [7, 11) is -4.33. The van der Waals surface area contributed by atoms with Gasteiger partial charge in [-0.25, -0.2) is 13.2 Å². The monoisotopic (exact) mass is 421 g/mol. The summed E-state index contributed by atoms with van der Waals surface area (Å²) in [4.78, 5) is 32.8. The highest BCUT2D eigenvalue weighted by Crippen LogP contribution is 2.32. The second-order valence-corrected chi connectivity index (χ2v) is 8.06. The first-order valence-electron chi connectivity index (χ1n) is 8.35. The zero-order chi connectivity index (χ0) is 21.9. The van der Waals surface area contributed by atoms with Gasteiger partial charge < -0.3 is 10.4 Å². The highest BCUT2D eigenvalue weighted by Gasteiger charge is 2.34. The Hall–Kier alpha value is -3.47. The van der Waals surface area contributed by atoms with Gasteiger partial charge in [-0.15, -0.1) is 0 Å². The largest absolute Gasteiger partial charge is 0.480 e. The van der Waals surface area contributed by atoms with Crippen molar-refractivity contribution in [2.75, 3.05) is 9.62 Å². The minimum absolute atomic E-state index is 0.0106. The number of sulfonamides is 1. The molecular formula is C18H19N3O7S. The molecule has 2 aromatic rings. The molecule has 10 nitrogen and oxygen atoms in total. The molecule has 0 heterocycles. The van der Waals surface area contributed by atoms with Crippen LogP contribution in [0.4, 0.5) is 17.1 Å². The average molecular weight is 421 g/mol. The number of aryl methyl sites for hydroxylation is 1. The molecule has 0 aliphatic heterocycles. The van der Waals surface area contributed by atoms with Crippen molar-refractivity contribution in [3.05, 3.63) is 58.1 Å². The summed E-state index contributed by atoms with van der Waals surface area (Å²) in [5.74, 6) is -1.72. The van der Waals surface area contributed by atoms with Crippen molar-refractivity contribution in [1.29, 1.82) is 0 Å². The molecule has 2 N–H and O–H groups in total. The number of amides is 1. The van der Waals surface area contributed by atoms with Crippen LogP contribution in [0, 0.1) is 17.0 Å². The Balaban J connectivity index is 2.59. The van der Waals surface area contributed by atoms with Gasteiger partial charge in [0.2, 0.25) is 5.91 Å². The van der Waals surface area contributed by atoms with Gasteiger partial charge in [-0.05, 0) is 49.7 Å². The Morgan fingerprint density at radius 2 is 1.76 bits per heavy atom. The highest BCUT2D eigenvalue weighted by molar-refractivity contribution is 7.93. The lowest BCUT2D eigenvalue weighted by Gasteiger charge is -2.29. The van der Waals surface area contributed by atoms with E-state index in [4.69, 9.17) is 0 Å². The molecule has 1 amide bonds. The van der Waals surface area contributed by atoms with Crippen LogP contribution in [-0.2, 0) is 19.6 Å². The topological polar surface area (TPSA) is 147 Å². The number of carboxylic acids is 1. The number of benzene rings is 2. The van der Waals surface area contributed by atoms with Crippen molar-refractivity contribution < 1.29 is 28.0 Å². The number of hydrogen-bond acceptors (Lipinski definition) is 6. The molecule has 11 heteroatoms. The van der Waals surface area contributed by atoms with Crippen LogP contribution in [0.1, 0.15) is 19.4 Å². The van der Waals surface area contributed by atoms with Gasteiger partial charge >= 0.3 is 5.97 Å². The maximum absolute atomic E-state index is 13.2. The first-order chi connectivity index (χ1) is 13.4. The summed E-state index contributed by atoms with van der Waals surface area (Å²) < 4.78 is 27.2. The third-order valence-electron chi connectivity index (χ3n) is 4.07. The zero-order valence-electron chi connectivity index (χ0n) is 15.8. The average Bonchev–Trinajstić information content (AvgIpc) is 2.62. The van der Waals surface area contributed by atoms with Crippen LogP contribution in [0.3, 0.4) is 0 Å². The third-order valence-corrected chi connectivity index (χ3v) is 5.97. The number of nitrogens with one attached hydrogen (secondary N) is 1. The van der Waals surface area contributed by atoms with Crippen LogP contribution in [0.2, 0.25) is 0 Å². The second kappa shape index (κ2) is 8.27. The normalized spacial score (nSPS) is 12.1. The number of carbonyl (C=O) groups is 2. The number of rotatable bonds is 7. The smallest absolute Gasteiger partial charge is 0.327 e. The van der Waals surface area contributed by atoms with Crippen LogP contribution in [0.15, 0.2) is 47.4 Å². The van der Waals surface area contributed by atoms with E-state index in [1.165, 1.54) is 57.2 Å². The Bertz CT molecular complexity index is 1070.